The quantitative estimate of drug-likeness (QED) is 0.285. The second-order valence-electron chi connectivity index (χ2n) is 7.38. The van der Waals surface area contributed by atoms with Gasteiger partial charge < -0.3 is 20.0 Å². The number of hydrogen-bond donors (Lipinski definition) is 1. The van der Waals surface area contributed by atoms with Gasteiger partial charge in [-0.3, -0.25) is 0 Å². The molecule has 0 amide bonds. The van der Waals surface area contributed by atoms with Crippen molar-refractivity contribution in [1.29, 1.82) is 0 Å². The average molecular weight is 518 g/mol. The number of pyridine rings is 1. The lowest BCUT2D eigenvalue weighted by Gasteiger charge is -2.37. The fraction of sp³-hybridized carbons (Fsp3) is 0.391. The molecule has 0 aliphatic carbocycles. The number of aromatic nitrogens is 1. The van der Waals surface area contributed by atoms with Crippen molar-refractivity contribution in [2.75, 3.05) is 55.6 Å². The van der Waals surface area contributed by atoms with Crippen molar-refractivity contribution in [3.63, 3.8) is 0 Å². The number of rotatable bonds is 5. The highest BCUT2D eigenvalue weighted by molar-refractivity contribution is 14.0. The van der Waals surface area contributed by atoms with Crippen LogP contribution < -0.4 is 15.1 Å². The number of piperazine rings is 1. The Morgan fingerprint density at radius 3 is 2.33 bits per heavy atom. The van der Waals surface area contributed by atoms with Crippen LogP contribution in [0.3, 0.4) is 0 Å². The standard InChI is InChI=1S/C23H30N6.HI/c1-2-24-23(29-17-15-28(16-18-29)22-7-3-4-12-25-22)26-19-20-8-10-21(11-9-20)27-13-5-6-14-27;/h3-12H,2,13-19H2,1H3,(H,24,26);1H. The molecule has 4 rings (SSSR count). The Morgan fingerprint density at radius 1 is 0.967 bits per heavy atom. The van der Waals surface area contributed by atoms with E-state index < -0.39 is 0 Å². The summed E-state index contributed by atoms with van der Waals surface area (Å²) in [7, 11) is 0. The minimum Gasteiger partial charge on any atom is -0.364 e. The third kappa shape index (κ3) is 5.65. The summed E-state index contributed by atoms with van der Waals surface area (Å²) in [6, 6.07) is 14.9. The van der Waals surface area contributed by atoms with Crippen LogP contribution in [0.2, 0.25) is 0 Å². The van der Waals surface area contributed by atoms with Crippen molar-refractivity contribution in [3.05, 3.63) is 66.4 Å². The number of hydrogen-bond acceptors (Lipinski definition) is 4. The fourth-order valence-electron chi connectivity index (χ4n) is 3.78. The van der Waals surface area contributed by atoms with Gasteiger partial charge in [0.05, 0.1) is 6.54 Å². The van der Waals surface area contributed by atoms with Gasteiger partial charge in [-0.05, 0) is 36.8 Å². The number of halogens is 1. The molecular weight excluding hydrogens is 487 g/mol. The molecule has 2 aliphatic heterocycles. The maximum absolute atomic E-state index is 4.90. The molecule has 1 fully saturated rings. The molecule has 7 heteroatoms. The van der Waals surface area contributed by atoms with Gasteiger partial charge in [0.2, 0.25) is 0 Å². The Labute approximate surface area is 196 Å². The van der Waals surface area contributed by atoms with Crippen LogP contribution in [-0.2, 0) is 6.54 Å². The lowest BCUT2D eigenvalue weighted by atomic mass is 10.2. The largest absolute Gasteiger partial charge is 0.364 e. The molecule has 160 valence electrons. The van der Waals surface area contributed by atoms with Gasteiger partial charge in [-0.25, -0.2) is 9.98 Å². The molecule has 0 radical (unpaired) electrons. The van der Waals surface area contributed by atoms with Gasteiger partial charge in [-0.1, -0.05) is 30.4 Å². The number of benzene rings is 1. The first-order chi connectivity index (χ1) is 14.3. The summed E-state index contributed by atoms with van der Waals surface area (Å²) in [5, 5.41) is 3.46. The van der Waals surface area contributed by atoms with Crippen molar-refractivity contribution < 1.29 is 0 Å². The Balaban J connectivity index is 0.00000256. The highest BCUT2D eigenvalue weighted by Gasteiger charge is 2.20. The summed E-state index contributed by atoms with van der Waals surface area (Å²) in [6.45, 7) is 9.52. The van der Waals surface area contributed by atoms with E-state index in [1.54, 1.807) is 0 Å². The molecule has 1 N–H and O–H groups in total. The van der Waals surface area contributed by atoms with Crippen molar-refractivity contribution in [2.24, 2.45) is 4.99 Å². The SMILES string of the molecule is CCNC(=NCc1ccc(N2CC=CC2)cc1)N1CCN(c2ccccn2)CC1.I. The van der Waals surface area contributed by atoms with E-state index in [0.717, 1.165) is 57.6 Å². The third-order valence-corrected chi connectivity index (χ3v) is 5.42. The van der Waals surface area contributed by atoms with Gasteiger partial charge in [0.25, 0.3) is 0 Å². The zero-order valence-electron chi connectivity index (χ0n) is 17.6. The molecule has 1 saturated heterocycles. The molecule has 0 unspecified atom stereocenters. The van der Waals surface area contributed by atoms with E-state index in [2.05, 4.69) is 74.4 Å². The summed E-state index contributed by atoms with van der Waals surface area (Å²) in [5.41, 5.74) is 2.52. The van der Waals surface area contributed by atoms with E-state index in [-0.39, 0.29) is 24.0 Å². The van der Waals surface area contributed by atoms with Gasteiger partial charge in [-0.2, -0.15) is 0 Å². The Kier molecular flexibility index (Phi) is 8.36. The second kappa shape index (κ2) is 11.2. The van der Waals surface area contributed by atoms with Crippen LogP contribution >= 0.6 is 24.0 Å². The van der Waals surface area contributed by atoms with Crippen molar-refractivity contribution in [1.82, 2.24) is 15.2 Å². The Bertz CT molecular complexity index is 821. The molecule has 6 nitrogen and oxygen atoms in total. The highest BCUT2D eigenvalue weighted by atomic mass is 127. The van der Waals surface area contributed by atoms with Gasteiger partial charge in [-0.15, -0.1) is 24.0 Å². The van der Waals surface area contributed by atoms with Crippen LogP contribution in [0.15, 0.2) is 65.8 Å². The number of nitrogens with one attached hydrogen (secondary N) is 1. The molecule has 0 bridgehead atoms. The minimum atomic E-state index is 0. The van der Waals surface area contributed by atoms with E-state index in [1.165, 1.54) is 11.3 Å². The minimum absolute atomic E-state index is 0. The van der Waals surface area contributed by atoms with Crippen LogP contribution in [0.25, 0.3) is 0 Å². The predicted octanol–water partition coefficient (Wildman–Crippen LogP) is 3.36. The molecular formula is C23H31IN6. The topological polar surface area (TPSA) is 47.0 Å². The number of aliphatic imine (C=N–C) groups is 1. The normalized spacial score (nSPS) is 16.6. The van der Waals surface area contributed by atoms with Gasteiger partial charge in [0.15, 0.2) is 5.96 Å². The van der Waals surface area contributed by atoms with Gasteiger partial charge >= 0.3 is 0 Å². The van der Waals surface area contributed by atoms with Crippen LogP contribution in [0, 0.1) is 0 Å². The highest BCUT2D eigenvalue weighted by Crippen LogP contribution is 2.18. The molecule has 30 heavy (non-hydrogen) atoms. The first-order valence-corrected chi connectivity index (χ1v) is 10.5. The van der Waals surface area contributed by atoms with E-state index in [4.69, 9.17) is 4.99 Å². The lowest BCUT2D eigenvalue weighted by molar-refractivity contribution is 0.371. The maximum atomic E-state index is 4.90. The zero-order chi connectivity index (χ0) is 19.9. The zero-order valence-corrected chi connectivity index (χ0v) is 19.9. The van der Waals surface area contributed by atoms with Crippen LogP contribution in [-0.4, -0.2) is 61.7 Å². The predicted molar refractivity (Wildman–Crippen MR) is 136 cm³/mol. The first kappa shape index (κ1) is 22.4. The molecule has 0 spiro atoms. The number of guanidine groups is 1. The molecule has 3 heterocycles. The molecule has 0 saturated carbocycles. The van der Waals surface area contributed by atoms with Gasteiger partial charge in [0, 0.05) is 57.7 Å². The van der Waals surface area contributed by atoms with Crippen LogP contribution in [0.5, 0.6) is 0 Å². The third-order valence-electron chi connectivity index (χ3n) is 5.42. The molecule has 2 aliphatic rings. The first-order valence-electron chi connectivity index (χ1n) is 10.5. The van der Waals surface area contributed by atoms with E-state index in [9.17, 15) is 0 Å². The van der Waals surface area contributed by atoms with E-state index >= 15 is 0 Å². The summed E-state index contributed by atoms with van der Waals surface area (Å²) in [6.07, 6.45) is 6.29. The lowest BCUT2D eigenvalue weighted by Crippen LogP contribution is -2.52. The number of nitrogens with zero attached hydrogens (tertiary/aromatic N) is 5. The van der Waals surface area contributed by atoms with Crippen LogP contribution in [0.1, 0.15) is 12.5 Å². The van der Waals surface area contributed by atoms with Crippen molar-refractivity contribution >= 4 is 41.4 Å². The smallest absolute Gasteiger partial charge is 0.194 e. The summed E-state index contributed by atoms with van der Waals surface area (Å²) >= 11 is 0. The molecule has 0 atom stereocenters. The fourth-order valence-corrected chi connectivity index (χ4v) is 3.78. The molecule has 2 aromatic rings. The van der Waals surface area contributed by atoms with Gasteiger partial charge in [0.1, 0.15) is 5.82 Å². The summed E-state index contributed by atoms with van der Waals surface area (Å²) in [5.74, 6) is 2.06. The van der Waals surface area contributed by atoms with Crippen molar-refractivity contribution in [3.8, 4) is 0 Å². The summed E-state index contributed by atoms with van der Waals surface area (Å²) in [4.78, 5) is 16.4. The number of anilines is 2. The Hall–Kier alpha value is -2.29. The molecule has 1 aromatic carbocycles. The average Bonchev–Trinajstić information content (AvgIpc) is 3.33. The maximum Gasteiger partial charge on any atom is 0.194 e. The Morgan fingerprint density at radius 2 is 1.70 bits per heavy atom. The van der Waals surface area contributed by atoms with Crippen LogP contribution in [0.4, 0.5) is 11.5 Å². The van der Waals surface area contributed by atoms with E-state index in [1.807, 2.05) is 18.3 Å². The van der Waals surface area contributed by atoms with E-state index in [0.29, 0.717) is 6.54 Å². The molecule has 1 aromatic heterocycles. The summed E-state index contributed by atoms with van der Waals surface area (Å²) < 4.78 is 0. The van der Waals surface area contributed by atoms with Crippen molar-refractivity contribution in [2.45, 2.75) is 13.5 Å². The monoisotopic (exact) mass is 518 g/mol. The second-order valence-corrected chi connectivity index (χ2v) is 7.38.